The fourth-order valence-corrected chi connectivity index (χ4v) is 3.47. The molecule has 0 fully saturated rings. The van der Waals surface area contributed by atoms with Crippen LogP contribution in [0.15, 0.2) is 51.8 Å². The van der Waals surface area contributed by atoms with E-state index in [9.17, 15) is 13.2 Å². The molecule has 0 bridgehead atoms. The first kappa shape index (κ1) is 18.7. The molecule has 2 N–H and O–H groups in total. The van der Waals surface area contributed by atoms with Gasteiger partial charge in [0.05, 0.1) is 16.5 Å². The van der Waals surface area contributed by atoms with Crippen molar-refractivity contribution in [2.75, 3.05) is 11.9 Å². The van der Waals surface area contributed by atoms with Crippen molar-refractivity contribution in [1.82, 2.24) is 4.72 Å². The molecule has 2 aromatic rings. The van der Waals surface area contributed by atoms with E-state index in [-0.39, 0.29) is 11.4 Å². The van der Waals surface area contributed by atoms with Crippen LogP contribution in [0.5, 0.6) is 0 Å². The van der Waals surface area contributed by atoms with Crippen LogP contribution in [0.3, 0.4) is 0 Å². The maximum Gasteiger partial charge on any atom is 0.241 e. The summed E-state index contributed by atoms with van der Waals surface area (Å²) in [6.45, 7) is -0.367. The minimum atomic E-state index is -3.72. The lowest BCUT2D eigenvalue weighted by Gasteiger charge is -2.08. The Morgan fingerprint density at radius 1 is 1.17 bits per heavy atom. The number of hydrogen-bond acceptors (Lipinski definition) is 3. The van der Waals surface area contributed by atoms with Gasteiger partial charge in [0, 0.05) is 13.7 Å². The molecule has 0 atom stereocenters. The smallest absolute Gasteiger partial charge is 0.241 e. The first-order chi connectivity index (χ1) is 10.8. The van der Waals surface area contributed by atoms with Gasteiger partial charge in [-0.05, 0) is 81.0 Å². The summed E-state index contributed by atoms with van der Waals surface area (Å²) in [6, 6.07) is 11.2. The Morgan fingerprint density at radius 2 is 1.83 bits per heavy atom. The quantitative estimate of drug-likeness (QED) is 0.581. The second-order valence-electron chi connectivity index (χ2n) is 4.46. The van der Waals surface area contributed by atoms with E-state index in [1.54, 1.807) is 30.3 Å². The van der Waals surface area contributed by atoms with Crippen molar-refractivity contribution in [3.05, 3.63) is 55.5 Å². The molecule has 2 rings (SSSR count). The Morgan fingerprint density at radius 3 is 2.43 bits per heavy atom. The number of sulfonamides is 1. The lowest BCUT2D eigenvalue weighted by molar-refractivity contribution is -0.115. The molecule has 0 radical (unpaired) electrons. The number of rotatable bonds is 5. The zero-order valence-electron chi connectivity index (χ0n) is 11.5. The van der Waals surface area contributed by atoms with Crippen molar-refractivity contribution in [2.24, 2.45) is 0 Å². The molecule has 2 aromatic carbocycles. The third-order valence-electron chi connectivity index (χ3n) is 2.75. The predicted molar refractivity (Wildman–Crippen MR) is 102 cm³/mol. The summed E-state index contributed by atoms with van der Waals surface area (Å²) in [6.07, 6.45) is 0. The van der Waals surface area contributed by atoms with Crippen LogP contribution in [-0.4, -0.2) is 20.9 Å². The van der Waals surface area contributed by atoms with Crippen LogP contribution in [0.1, 0.15) is 0 Å². The van der Waals surface area contributed by atoms with Gasteiger partial charge in [-0.25, -0.2) is 13.1 Å². The highest BCUT2D eigenvalue weighted by atomic mass is 127. The fourth-order valence-electron chi connectivity index (χ4n) is 1.64. The van der Waals surface area contributed by atoms with Crippen molar-refractivity contribution < 1.29 is 13.2 Å². The van der Waals surface area contributed by atoms with Crippen LogP contribution in [-0.2, 0) is 14.8 Å². The number of carbonyl (C=O) groups excluding carboxylic acids is 1. The monoisotopic (exact) mass is 528 g/mol. The highest BCUT2D eigenvalue weighted by Crippen LogP contribution is 2.25. The average Bonchev–Trinajstić information content (AvgIpc) is 2.50. The Labute approximate surface area is 161 Å². The summed E-state index contributed by atoms with van der Waals surface area (Å²) in [5, 5.41) is 3.10. The van der Waals surface area contributed by atoms with E-state index in [1.165, 1.54) is 12.1 Å². The Kier molecular flexibility index (Phi) is 6.43. The number of carbonyl (C=O) groups is 1. The molecule has 0 aliphatic heterocycles. The normalized spacial score (nSPS) is 11.3. The minimum Gasteiger partial charge on any atom is -0.325 e. The molecule has 0 saturated heterocycles. The van der Waals surface area contributed by atoms with Crippen molar-refractivity contribution in [3.8, 4) is 0 Å². The minimum absolute atomic E-state index is 0.111. The van der Waals surface area contributed by atoms with Crippen molar-refractivity contribution in [1.29, 1.82) is 0 Å². The highest BCUT2D eigenvalue weighted by molar-refractivity contribution is 14.1. The molecule has 0 aliphatic rings. The number of anilines is 1. The molecule has 0 heterocycles. The van der Waals surface area contributed by atoms with Gasteiger partial charge in [0.1, 0.15) is 0 Å². The van der Waals surface area contributed by atoms with E-state index >= 15 is 0 Å². The summed E-state index contributed by atoms with van der Waals surface area (Å²) in [5.41, 5.74) is 0.514. The number of amides is 1. The fraction of sp³-hybridized carbons (Fsp3) is 0.0714. The maximum atomic E-state index is 12.1. The Bertz CT molecular complexity index is 828. The molecule has 0 aromatic heterocycles. The lowest BCUT2D eigenvalue weighted by atomic mass is 10.3. The summed E-state index contributed by atoms with van der Waals surface area (Å²) in [7, 11) is -3.72. The van der Waals surface area contributed by atoms with Gasteiger partial charge in [-0.2, -0.15) is 0 Å². The van der Waals surface area contributed by atoms with Crippen LogP contribution >= 0.6 is 50.1 Å². The van der Waals surface area contributed by atoms with Crippen LogP contribution < -0.4 is 10.0 Å². The average molecular weight is 530 g/mol. The highest BCUT2D eigenvalue weighted by Gasteiger charge is 2.15. The molecule has 0 aliphatic carbocycles. The summed E-state index contributed by atoms with van der Waals surface area (Å²) in [5.74, 6) is -0.478. The van der Waals surface area contributed by atoms with Gasteiger partial charge in [0.2, 0.25) is 15.9 Å². The van der Waals surface area contributed by atoms with E-state index in [0.29, 0.717) is 15.2 Å². The third-order valence-corrected chi connectivity index (χ3v) is 6.10. The van der Waals surface area contributed by atoms with E-state index in [0.717, 1.165) is 3.57 Å². The molecule has 5 nitrogen and oxygen atoms in total. The van der Waals surface area contributed by atoms with E-state index in [1.807, 2.05) is 0 Å². The Balaban J connectivity index is 1.98. The van der Waals surface area contributed by atoms with Crippen LogP contribution in [0.2, 0.25) is 5.02 Å². The van der Waals surface area contributed by atoms with Crippen LogP contribution in [0.25, 0.3) is 0 Å². The van der Waals surface area contributed by atoms with E-state index in [2.05, 4.69) is 48.6 Å². The van der Waals surface area contributed by atoms with Gasteiger partial charge >= 0.3 is 0 Å². The second-order valence-corrected chi connectivity index (χ2v) is 8.73. The van der Waals surface area contributed by atoms with Crippen LogP contribution in [0, 0.1) is 3.57 Å². The second kappa shape index (κ2) is 7.93. The number of hydrogen-bond donors (Lipinski definition) is 2. The summed E-state index contributed by atoms with van der Waals surface area (Å²) >= 11 is 11.2. The van der Waals surface area contributed by atoms with Crippen LogP contribution in [0.4, 0.5) is 5.69 Å². The standard InChI is InChI=1S/C14H11BrClIN2O3S/c15-12-7-10(3-6-13(12)16)19-14(20)8-18-23(21,22)11-4-1-9(17)2-5-11/h1-7,18H,8H2,(H,19,20). The van der Waals surface area contributed by atoms with Gasteiger partial charge < -0.3 is 5.32 Å². The number of nitrogens with one attached hydrogen (secondary N) is 2. The molecule has 0 saturated carbocycles. The molecule has 1 amide bonds. The Hall–Kier alpha value is -0.680. The third kappa shape index (κ3) is 5.42. The van der Waals surface area contributed by atoms with Gasteiger partial charge in [0.25, 0.3) is 0 Å². The van der Waals surface area contributed by atoms with E-state index in [4.69, 9.17) is 11.6 Å². The summed E-state index contributed by atoms with van der Waals surface area (Å²) < 4.78 is 28.0. The lowest BCUT2D eigenvalue weighted by Crippen LogP contribution is -2.32. The number of halogens is 3. The van der Waals surface area contributed by atoms with Gasteiger partial charge in [-0.3, -0.25) is 4.79 Å². The molecule has 9 heteroatoms. The molecule has 0 unspecified atom stereocenters. The zero-order chi connectivity index (χ0) is 17.0. The predicted octanol–water partition coefficient (Wildman–Crippen LogP) is 3.62. The van der Waals surface area contributed by atoms with Crippen molar-refractivity contribution in [3.63, 3.8) is 0 Å². The number of benzene rings is 2. The van der Waals surface area contributed by atoms with Gasteiger partial charge in [0.15, 0.2) is 0 Å². The first-order valence-corrected chi connectivity index (χ1v) is 10.0. The van der Waals surface area contributed by atoms with Crippen molar-refractivity contribution in [2.45, 2.75) is 4.90 Å². The maximum absolute atomic E-state index is 12.1. The molecular formula is C14H11BrClIN2O3S. The van der Waals surface area contributed by atoms with E-state index < -0.39 is 15.9 Å². The largest absolute Gasteiger partial charge is 0.325 e. The van der Waals surface area contributed by atoms with Crippen molar-refractivity contribution >= 4 is 71.7 Å². The first-order valence-electron chi connectivity index (χ1n) is 6.28. The molecular weight excluding hydrogens is 518 g/mol. The van der Waals surface area contributed by atoms with Gasteiger partial charge in [-0.15, -0.1) is 0 Å². The topological polar surface area (TPSA) is 75.3 Å². The SMILES string of the molecule is O=C(CNS(=O)(=O)c1ccc(I)cc1)Nc1ccc(Cl)c(Br)c1. The molecule has 23 heavy (non-hydrogen) atoms. The molecule has 0 spiro atoms. The summed E-state index contributed by atoms with van der Waals surface area (Å²) in [4.78, 5) is 12.0. The molecule has 122 valence electrons. The van der Waals surface area contributed by atoms with Gasteiger partial charge in [-0.1, -0.05) is 11.6 Å². The zero-order valence-corrected chi connectivity index (χ0v) is 16.8.